The smallest absolute Gasteiger partial charge is 0.246 e. The molecule has 0 radical (unpaired) electrons. The quantitative estimate of drug-likeness (QED) is 0.769. The molecule has 0 aromatic rings. The largest absolute Gasteiger partial charge is 0.343 e. The predicted molar refractivity (Wildman–Crippen MR) is 72.4 cm³/mol. The van der Waals surface area contributed by atoms with Crippen LogP contribution < -0.4 is 5.32 Å². The Hall–Kier alpha value is -2.17. The topological polar surface area (TPSA) is 66.5 Å². The Morgan fingerprint density at radius 1 is 1.30 bits per heavy atom. The molecule has 3 aliphatic rings. The number of amides is 2. The summed E-state index contributed by atoms with van der Waals surface area (Å²) in [7, 11) is 0. The zero-order valence-corrected chi connectivity index (χ0v) is 11.4. The second kappa shape index (κ2) is 4.74. The van der Waals surface area contributed by atoms with E-state index in [0.29, 0.717) is 18.7 Å². The van der Waals surface area contributed by atoms with Gasteiger partial charge in [-0.1, -0.05) is 6.08 Å². The zero-order chi connectivity index (χ0) is 14.3. The number of hydrogen-bond acceptors (Lipinski definition) is 3. The van der Waals surface area contributed by atoms with Crippen LogP contribution in [0.3, 0.4) is 0 Å². The Bertz CT molecular complexity index is 611. The fraction of sp³-hybridized carbons (Fsp3) is 0.400. The van der Waals surface area contributed by atoms with Crippen molar-refractivity contribution in [3.63, 3.8) is 0 Å². The molecule has 1 saturated heterocycles. The molecule has 104 valence electrons. The summed E-state index contributed by atoms with van der Waals surface area (Å²) in [6.07, 6.45) is 5.71. The Morgan fingerprint density at radius 3 is 2.85 bits per heavy atom. The highest BCUT2D eigenvalue weighted by atomic mass is 16.2. The van der Waals surface area contributed by atoms with E-state index in [2.05, 4.69) is 5.32 Å². The first-order chi connectivity index (χ1) is 9.58. The monoisotopic (exact) mass is 272 g/mol. The van der Waals surface area contributed by atoms with E-state index in [1.807, 2.05) is 6.08 Å². The zero-order valence-electron chi connectivity index (χ0n) is 11.4. The van der Waals surface area contributed by atoms with Gasteiger partial charge in [0.05, 0.1) is 12.2 Å². The molecule has 0 unspecified atom stereocenters. The average Bonchev–Trinajstić information content (AvgIpc) is 2.58. The van der Waals surface area contributed by atoms with Crippen molar-refractivity contribution >= 4 is 17.6 Å². The van der Waals surface area contributed by atoms with Crippen LogP contribution in [0.25, 0.3) is 0 Å². The van der Waals surface area contributed by atoms with Crippen LogP contribution >= 0.6 is 0 Å². The van der Waals surface area contributed by atoms with Gasteiger partial charge in [0, 0.05) is 12.6 Å². The number of hydrogen-bond donors (Lipinski definition) is 1. The Morgan fingerprint density at radius 2 is 2.10 bits per heavy atom. The minimum atomic E-state index is -0.257. The molecule has 20 heavy (non-hydrogen) atoms. The number of nitrogens with zero attached hydrogens (tertiary/aromatic N) is 1. The van der Waals surface area contributed by atoms with Gasteiger partial charge in [-0.25, -0.2) is 0 Å². The van der Waals surface area contributed by atoms with Crippen LogP contribution in [-0.2, 0) is 14.4 Å². The van der Waals surface area contributed by atoms with Crippen LogP contribution in [0.5, 0.6) is 0 Å². The number of Topliss-reactive ketones (excluding diaryl/α,β-unsaturated/α-hetero) is 1. The van der Waals surface area contributed by atoms with Gasteiger partial charge in [0.1, 0.15) is 0 Å². The molecule has 3 rings (SSSR count). The summed E-state index contributed by atoms with van der Waals surface area (Å²) < 4.78 is 0. The molecule has 0 saturated carbocycles. The predicted octanol–water partition coefficient (Wildman–Crippen LogP) is 0.838. The number of carbonyl (C=O) groups excluding carboxylic acids is 3. The van der Waals surface area contributed by atoms with E-state index < -0.39 is 0 Å². The number of ketones is 1. The van der Waals surface area contributed by atoms with Gasteiger partial charge >= 0.3 is 0 Å². The third kappa shape index (κ3) is 1.99. The lowest BCUT2D eigenvalue weighted by molar-refractivity contribution is -0.129. The maximum Gasteiger partial charge on any atom is 0.246 e. The second-order valence-electron chi connectivity index (χ2n) is 5.21. The Kier molecular flexibility index (Phi) is 3.04. The summed E-state index contributed by atoms with van der Waals surface area (Å²) in [5.74, 6) is -0.269. The van der Waals surface area contributed by atoms with E-state index in [4.69, 9.17) is 0 Å². The average molecular weight is 272 g/mol. The summed E-state index contributed by atoms with van der Waals surface area (Å²) in [6, 6.07) is 0. The fourth-order valence-corrected chi connectivity index (χ4v) is 3.07. The summed E-state index contributed by atoms with van der Waals surface area (Å²) >= 11 is 0. The van der Waals surface area contributed by atoms with Crippen LogP contribution in [0.1, 0.15) is 26.2 Å². The summed E-state index contributed by atoms with van der Waals surface area (Å²) in [5, 5.41) is 2.56. The lowest BCUT2D eigenvalue weighted by Crippen LogP contribution is -2.39. The van der Waals surface area contributed by atoms with Crippen LogP contribution in [-0.4, -0.2) is 35.6 Å². The van der Waals surface area contributed by atoms with Gasteiger partial charge in [0.2, 0.25) is 11.8 Å². The summed E-state index contributed by atoms with van der Waals surface area (Å²) in [6.45, 7) is 2.14. The molecule has 0 aromatic heterocycles. The molecule has 5 nitrogen and oxygen atoms in total. The first kappa shape index (κ1) is 12.8. The van der Waals surface area contributed by atoms with Crippen molar-refractivity contribution in [1.82, 2.24) is 10.2 Å². The number of carbonyl (C=O) groups is 3. The fourth-order valence-electron chi connectivity index (χ4n) is 3.07. The van der Waals surface area contributed by atoms with Gasteiger partial charge in [-0.05, 0) is 42.9 Å². The number of allylic oxidation sites excluding steroid dienone is 3. The molecule has 2 amide bonds. The van der Waals surface area contributed by atoms with Gasteiger partial charge in [-0.2, -0.15) is 0 Å². The molecular formula is C15H16N2O3. The van der Waals surface area contributed by atoms with Crippen molar-refractivity contribution in [1.29, 1.82) is 0 Å². The van der Waals surface area contributed by atoms with Crippen molar-refractivity contribution < 1.29 is 14.4 Å². The molecule has 2 heterocycles. The lowest BCUT2D eigenvalue weighted by atomic mass is 9.82. The number of nitrogens with one attached hydrogen (secondary N) is 1. The van der Waals surface area contributed by atoms with E-state index in [1.165, 1.54) is 6.08 Å². The van der Waals surface area contributed by atoms with Gasteiger partial charge < -0.3 is 10.2 Å². The highest BCUT2D eigenvalue weighted by Crippen LogP contribution is 2.38. The van der Waals surface area contributed by atoms with E-state index in [0.717, 1.165) is 29.6 Å². The van der Waals surface area contributed by atoms with E-state index >= 15 is 0 Å². The Labute approximate surface area is 117 Å². The van der Waals surface area contributed by atoms with E-state index in [-0.39, 0.29) is 24.1 Å². The molecule has 0 aromatic carbocycles. The van der Waals surface area contributed by atoms with Gasteiger partial charge in [0.15, 0.2) is 5.78 Å². The van der Waals surface area contributed by atoms with Crippen molar-refractivity contribution in [2.75, 3.05) is 13.1 Å². The number of fused-ring (bicyclic) bond motifs is 3. The molecular weight excluding hydrogens is 256 g/mol. The maximum absolute atomic E-state index is 12.0. The highest BCUT2D eigenvalue weighted by Gasteiger charge is 2.33. The minimum absolute atomic E-state index is 0.0325. The van der Waals surface area contributed by atoms with Gasteiger partial charge in [-0.3, -0.25) is 14.4 Å². The highest BCUT2D eigenvalue weighted by molar-refractivity contribution is 5.99. The third-order valence-corrected chi connectivity index (χ3v) is 3.99. The molecule has 1 fully saturated rings. The summed E-state index contributed by atoms with van der Waals surface area (Å²) in [5.41, 5.74) is 3.39. The molecule has 1 N–H and O–H groups in total. The van der Waals surface area contributed by atoms with Crippen molar-refractivity contribution in [2.24, 2.45) is 0 Å². The normalized spacial score (nSPS) is 22.4. The molecule has 2 aliphatic heterocycles. The first-order valence-corrected chi connectivity index (χ1v) is 6.81. The standard InChI is InChI=1S/C15H16N2O3/c1-9(18)10-3-2-4-12-11(10)5-6-17-13(12)7-14(19)16-8-15(17)20/h4,7H,2-3,5-6,8H2,1H3,(H,16,19). The SMILES string of the molecule is CC(=O)C1=C2CCN3C(=O)CNC(=O)C=C3C2=CCC1. The van der Waals surface area contributed by atoms with Crippen LogP contribution in [0.15, 0.2) is 34.6 Å². The van der Waals surface area contributed by atoms with Crippen molar-refractivity contribution in [3.05, 3.63) is 34.6 Å². The lowest BCUT2D eigenvalue weighted by Gasteiger charge is -2.35. The van der Waals surface area contributed by atoms with Crippen LogP contribution in [0.2, 0.25) is 0 Å². The second-order valence-corrected chi connectivity index (χ2v) is 5.21. The van der Waals surface area contributed by atoms with Gasteiger partial charge in [-0.15, -0.1) is 0 Å². The number of piperidine rings is 1. The Balaban J connectivity index is 2.10. The van der Waals surface area contributed by atoms with Crippen molar-refractivity contribution in [2.45, 2.75) is 26.2 Å². The molecule has 0 spiro atoms. The molecule has 0 bridgehead atoms. The van der Waals surface area contributed by atoms with Gasteiger partial charge in [0.25, 0.3) is 0 Å². The molecule has 0 atom stereocenters. The summed E-state index contributed by atoms with van der Waals surface area (Å²) in [4.78, 5) is 37.1. The maximum atomic E-state index is 12.0. The number of rotatable bonds is 1. The molecule has 5 heteroatoms. The molecule has 1 aliphatic carbocycles. The van der Waals surface area contributed by atoms with Crippen LogP contribution in [0.4, 0.5) is 0 Å². The van der Waals surface area contributed by atoms with Crippen LogP contribution in [0, 0.1) is 0 Å². The minimum Gasteiger partial charge on any atom is -0.343 e. The third-order valence-electron chi connectivity index (χ3n) is 3.99. The first-order valence-electron chi connectivity index (χ1n) is 6.81. The van der Waals surface area contributed by atoms with E-state index in [1.54, 1.807) is 11.8 Å². The van der Waals surface area contributed by atoms with Crippen molar-refractivity contribution in [3.8, 4) is 0 Å². The van der Waals surface area contributed by atoms with E-state index in [9.17, 15) is 14.4 Å².